The molecule has 9 nitrogen and oxygen atoms in total. The van der Waals surface area contributed by atoms with E-state index < -0.39 is 17.2 Å². The number of fused-ring (bicyclic) bond motifs is 6. The number of benzene rings is 2. The third-order valence-electron chi connectivity index (χ3n) is 9.42. The highest BCUT2D eigenvalue weighted by Crippen LogP contribution is 2.44. The fraction of sp³-hybridized carbons (Fsp3) is 0.545. The van der Waals surface area contributed by atoms with Gasteiger partial charge in [0, 0.05) is 41.7 Å². The molecule has 0 saturated carbocycles. The summed E-state index contributed by atoms with van der Waals surface area (Å²) in [5.74, 6) is 1.05. The number of ether oxygens (including phenoxy) is 3. The van der Waals surface area contributed by atoms with Crippen LogP contribution in [-0.2, 0) is 16.0 Å². The molecule has 0 aliphatic carbocycles. The molecule has 1 saturated heterocycles. The Hall–Kier alpha value is -3.59. The van der Waals surface area contributed by atoms with Crippen molar-refractivity contribution in [2.24, 2.45) is 5.92 Å². The minimum absolute atomic E-state index is 0.0832. The number of methoxy groups -OCH3 is 1. The number of carbonyl (C=O) groups is 2. The van der Waals surface area contributed by atoms with Gasteiger partial charge in [-0.1, -0.05) is 25.5 Å². The van der Waals surface area contributed by atoms with Crippen LogP contribution in [0.1, 0.15) is 98.4 Å². The first-order valence-electron chi connectivity index (χ1n) is 15.2. The van der Waals surface area contributed by atoms with Crippen molar-refractivity contribution in [3.63, 3.8) is 0 Å². The molecule has 4 atom stereocenters. The number of hydrogen-bond donors (Lipinski definition) is 3. The van der Waals surface area contributed by atoms with Crippen molar-refractivity contribution in [2.75, 3.05) is 20.3 Å². The number of nitrogens with zero attached hydrogens (tertiary/aromatic N) is 1. The maximum Gasteiger partial charge on any atom is 0.251 e. The quantitative estimate of drug-likeness (QED) is 0.473. The molecule has 5 aliphatic heterocycles. The lowest BCUT2D eigenvalue weighted by Gasteiger charge is -2.48. The maximum atomic E-state index is 13.9. The van der Waals surface area contributed by atoms with E-state index in [1.807, 2.05) is 26.0 Å². The molecular weight excluding hydrogens is 532 g/mol. The van der Waals surface area contributed by atoms with E-state index in [9.17, 15) is 9.59 Å². The molecule has 2 aromatic rings. The minimum atomic E-state index is -0.493. The fourth-order valence-electron chi connectivity index (χ4n) is 7.21. The Morgan fingerprint density at radius 2 is 1.90 bits per heavy atom. The first-order chi connectivity index (χ1) is 20.1. The van der Waals surface area contributed by atoms with Crippen molar-refractivity contribution < 1.29 is 23.8 Å². The lowest BCUT2D eigenvalue weighted by atomic mass is 9.81. The van der Waals surface area contributed by atoms with Gasteiger partial charge in [0.15, 0.2) is 5.96 Å². The molecule has 0 aromatic heterocycles. The minimum Gasteiger partial charge on any atom is -0.493 e. The van der Waals surface area contributed by atoms with Gasteiger partial charge in [0.05, 0.1) is 31.7 Å². The number of guanidine groups is 1. The normalized spacial score (nSPS) is 28.5. The van der Waals surface area contributed by atoms with E-state index in [-0.39, 0.29) is 29.7 Å². The summed E-state index contributed by atoms with van der Waals surface area (Å²) >= 11 is 0. The van der Waals surface area contributed by atoms with Crippen LogP contribution in [-0.4, -0.2) is 54.1 Å². The van der Waals surface area contributed by atoms with Gasteiger partial charge < -0.3 is 24.8 Å². The summed E-state index contributed by atoms with van der Waals surface area (Å²) in [6.07, 6.45) is 5.29. The molecule has 0 radical (unpaired) electrons. The van der Waals surface area contributed by atoms with Crippen LogP contribution in [0.2, 0.25) is 0 Å². The zero-order valence-electron chi connectivity index (χ0n) is 25.0. The first kappa shape index (κ1) is 28.5. The number of carbonyl (C=O) groups excluding carboxylic acids is 2. The summed E-state index contributed by atoms with van der Waals surface area (Å²) in [5, 5.41) is 15.8. The summed E-state index contributed by atoms with van der Waals surface area (Å²) in [4.78, 5) is 29.3. The van der Waals surface area contributed by atoms with Gasteiger partial charge in [0.2, 0.25) is 5.91 Å². The molecule has 7 rings (SSSR count). The molecule has 9 heteroatoms. The summed E-state index contributed by atoms with van der Waals surface area (Å²) in [6.45, 7) is 6.88. The van der Waals surface area contributed by atoms with Crippen LogP contribution in [0.15, 0.2) is 36.4 Å². The van der Waals surface area contributed by atoms with Gasteiger partial charge in [-0.15, -0.1) is 0 Å². The van der Waals surface area contributed by atoms with Crippen molar-refractivity contribution >= 4 is 17.8 Å². The van der Waals surface area contributed by atoms with E-state index in [0.29, 0.717) is 37.4 Å². The van der Waals surface area contributed by atoms with Crippen LogP contribution in [0.4, 0.5) is 0 Å². The molecule has 0 spiro atoms. The van der Waals surface area contributed by atoms with E-state index in [0.717, 1.165) is 49.0 Å². The van der Waals surface area contributed by atoms with Crippen LogP contribution >= 0.6 is 0 Å². The molecule has 5 heterocycles. The van der Waals surface area contributed by atoms with Gasteiger partial charge in [-0.2, -0.15) is 0 Å². The van der Waals surface area contributed by atoms with E-state index in [2.05, 4.69) is 29.7 Å². The van der Waals surface area contributed by atoms with Crippen molar-refractivity contribution in [1.29, 1.82) is 5.41 Å². The highest BCUT2D eigenvalue weighted by atomic mass is 16.5. The molecule has 5 aliphatic rings. The van der Waals surface area contributed by atoms with Gasteiger partial charge >= 0.3 is 0 Å². The van der Waals surface area contributed by atoms with Gasteiger partial charge in [-0.05, 0) is 69.4 Å². The zero-order chi connectivity index (χ0) is 29.6. The van der Waals surface area contributed by atoms with E-state index in [4.69, 9.17) is 19.6 Å². The molecule has 1 fully saturated rings. The number of rotatable bonds is 3. The lowest BCUT2D eigenvalue weighted by molar-refractivity contribution is -0.135. The fourth-order valence-corrected chi connectivity index (χ4v) is 7.21. The van der Waals surface area contributed by atoms with Crippen molar-refractivity contribution in [3.05, 3.63) is 58.7 Å². The molecule has 0 unspecified atom stereocenters. The van der Waals surface area contributed by atoms with E-state index in [1.165, 1.54) is 5.56 Å². The number of hydrogen-bond acceptors (Lipinski definition) is 6. The smallest absolute Gasteiger partial charge is 0.251 e. The summed E-state index contributed by atoms with van der Waals surface area (Å²) in [5.41, 5.74) is 2.53. The Morgan fingerprint density at radius 1 is 1.10 bits per heavy atom. The predicted molar refractivity (Wildman–Crippen MR) is 159 cm³/mol. The Kier molecular flexibility index (Phi) is 7.41. The molecule has 6 bridgehead atoms. The largest absolute Gasteiger partial charge is 0.493 e. The van der Waals surface area contributed by atoms with Gasteiger partial charge in [0.1, 0.15) is 17.1 Å². The summed E-state index contributed by atoms with van der Waals surface area (Å²) in [7, 11) is 1.63. The average Bonchev–Trinajstić information content (AvgIpc) is 2.95. The molecule has 224 valence electrons. The monoisotopic (exact) mass is 574 g/mol. The van der Waals surface area contributed by atoms with Crippen LogP contribution in [0, 0.1) is 11.3 Å². The average molecular weight is 575 g/mol. The SMILES string of the molecule is CC[C@]12CCCCc3ccc4c(c3)[C@H](CC(C)(C)O4)NC(=O)c3ccc4c(c3)[C@@H]([C@H](COC)CO4)N(C(=N)N1)C(=O)C2. The molecule has 3 N–H and O–H groups in total. The lowest BCUT2D eigenvalue weighted by Crippen LogP contribution is -2.64. The summed E-state index contributed by atoms with van der Waals surface area (Å²) in [6, 6.07) is 11.0. The van der Waals surface area contributed by atoms with Crippen LogP contribution in [0.25, 0.3) is 0 Å². The van der Waals surface area contributed by atoms with Crippen LogP contribution < -0.4 is 20.1 Å². The Balaban J connectivity index is 1.44. The number of aryl methyl sites for hydroxylation is 1. The number of amides is 2. The maximum absolute atomic E-state index is 13.9. The Labute approximate surface area is 247 Å². The zero-order valence-corrected chi connectivity index (χ0v) is 25.0. The van der Waals surface area contributed by atoms with Crippen LogP contribution in [0.5, 0.6) is 11.5 Å². The first-order valence-corrected chi connectivity index (χ1v) is 15.2. The van der Waals surface area contributed by atoms with Crippen LogP contribution in [0.3, 0.4) is 0 Å². The molecule has 2 aromatic carbocycles. The van der Waals surface area contributed by atoms with Gasteiger partial charge in [-0.25, -0.2) is 0 Å². The Bertz CT molecular complexity index is 1390. The second-order valence-electron chi connectivity index (χ2n) is 12.9. The predicted octanol–water partition coefficient (Wildman–Crippen LogP) is 5.05. The third-order valence-corrected chi connectivity index (χ3v) is 9.42. The second-order valence-corrected chi connectivity index (χ2v) is 12.9. The molecule has 2 amide bonds. The Morgan fingerprint density at radius 3 is 2.67 bits per heavy atom. The van der Waals surface area contributed by atoms with E-state index in [1.54, 1.807) is 24.1 Å². The number of nitrogens with one attached hydrogen (secondary N) is 3. The molecular formula is C33H42N4O5. The third kappa shape index (κ3) is 5.23. The standard InChI is InChI=1S/C33H42N4O5/c1-5-33-13-7-6-8-20-9-11-27-23(14-20)25(16-32(2,3)42-27)35-30(39)21-10-12-26-24(15-21)29(22(18-40-4)19-41-26)37(28(38)17-33)31(34)36-33/h9-12,14-15,22,25,29H,5-8,13,16-19H2,1-4H3,(H2,34,36)(H,35,39)/t22-,25+,29-,33-/m1/s1. The van der Waals surface area contributed by atoms with Gasteiger partial charge in [0.25, 0.3) is 5.91 Å². The van der Waals surface area contributed by atoms with Gasteiger partial charge in [-0.3, -0.25) is 19.9 Å². The van der Waals surface area contributed by atoms with Crippen molar-refractivity contribution in [3.8, 4) is 11.5 Å². The second kappa shape index (κ2) is 10.9. The topological polar surface area (TPSA) is 113 Å². The molecule has 42 heavy (non-hydrogen) atoms. The van der Waals surface area contributed by atoms with Crippen molar-refractivity contribution in [1.82, 2.24) is 15.5 Å². The highest BCUT2D eigenvalue weighted by Gasteiger charge is 2.47. The summed E-state index contributed by atoms with van der Waals surface area (Å²) < 4.78 is 18.0. The van der Waals surface area contributed by atoms with Crippen molar-refractivity contribution in [2.45, 2.75) is 88.9 Å². The van der Waals surface area contributed by atoms with E-state index >= 15 is 0 Å². The highest BCUT2D eigenvalue weighted by molar-refractivity contribution is 6.00.